The lowest BCUT2D eigenvalue weighted by Gasteiger charge is -2.13. The topological polar surface area (TPSA) is 52.8 Å². The second-order valence-electron chi connectivity index (χ2n) is 8.32. The maximum atomic E-state index is 12.8. The average Bonchev–Trinajstić information content (AvgIpc) is 3.03. The number of halogens is 2. The summed E-state index contributed by atoms with van der Waals surface area (Å²) in [5.41, 5.74) is 5.30. The van der Waals surface area contributed by atoms with E-state index in [-0.39, 0.29) is 5.75 Å². The fraction of sp³-hybridized carbons (Fsp3) is 0.320. The molecular formula is C25H26F2N4O. The third-order valence-corrected chi connectivity index (χ3v) is 5.39. The Kier molecular flexibility index (Phi) is 6.17. The van der Waals surface area contributed by atoms with Gasteiger partial charge in [0.2, 0.25) is 0 Å². The van der Waals surface area contributed by atoms with Gasteiger partial charge in [0.1, 0.15) is 17.4 Å². The van der Waals surface area contributed by atoms with Gasteiger partial charge in [0.15, 0.2) is 0 Å². The number of benzene rings is 2. The molecular weight excluding hydrogens is 410 g/mol. The number of alkyl halides is 2. The zero-order chi connectivity index (χ0) is 22.8. The summed E-state index contributed by atoms with van der Waals surface area (Å²) in [6, 6.07) is 12.9. The van der Waals surface area contributed by atoms with Crippen LogP contribution in [-0.4, -0.2) is 26.1 Å². The minimum atomic E-state index is -2.87. The summed E-state index contributed by atoms with van der Waals surface area (Å²) in [4.78, 5) is 13.9. The van der Waals surface area contributed by atoms with Crippen LogP contribution in [0.3, 0.4) is 0 Å². The van der Waals surface area contributed by atoms with Crippen molar-refractivity contribution in [2.24, 2.45) is 5.92 Å². The van der Waals surface area contributed by atoms with Gasteiger partial charge >= 0.3 is 6.61 Å². The largest absolute Gasteiger partial charge is 0.434 e. The van der Waals surface area contributed by atoms with Crippen LogP contribution in [0.5, 0.6) is 5.75 Å². The molecule has 0 fully saturated rings. The van der Waals surface area contributed by atoms with Crippen LogP contribution in [0.2, 0.25) is 0 Å². The van der Waals surface area contributed by atoms with Crippen LogP contribution in [0.4, 0.5) is 8.78 Å². The Morgan fingerprint density at radius 3 is 2.53 bits per heavy atom. The molecule has 0 aliphatic rings. The number of para-hydroxylation sites is 1. The van der Waals surface area contributed by atoms with Crippen molar-refractivity contribution < 1.29 is 13.5 Å². The Morgan fingerprint density at radius 2 is 1.81 bits per heavy atom. The smallest absolute Gasteiger partial charge is 0.387 e. The van der Waals surface area contributed by atoms with E-state index in [0.29, 0.717) is 18.0 Å². The first-order valence-corrected chi connectivity index (χ1v) is 10.6. The monoisotopic (exact) mass is 436 g/mol. The van der Waals surface area contributed by atoms with Gasteiger partial charge in [-0.15, -0.1) is 0 Å². The fourth-order valence-electron chi connectivity index (χ4n) is 3.89. The van der Waals surface area contributed by atoms with Crippen molar-refractivity contribution in [2.75, 3.05) is 0 Å². The molecule has 0 aliphatic heterocycles. The molecule has 0 saturated heterocycles. The Balaban J connectivity index is 1.73. The van der Waals surface area contributed by atoms with Gasteiger partial charge in [-0.05, 0) is 43.5 Å². The lowest BCUT2D eigenvalue weighted by Crippen LogP contribution is -2.08. The Labute approximate surface area is 186 Å². The van der Waals surface area contributed by atoms with Crippen LogP contribution in [-0.2, 0) is 13.0 Å². The third-order valence-electron chi connectivity index (χ3n) is 5.39. The summed E-state index contributed by atoms with van der Waals surface area (Å²) in [5, 5.41) is 0. The second kappa shape index (κ2) is 9.02. The summed E-state index contributed by atoms with van der Waals surface area (Å²) in [7, 11) is 0. The molecule has 0 bridgehead atoms. The second-order valence-corrected chi connectivity index (χ2v) is 8.32. The molecule has 0 saturated carbocycles. The zero-order valence-corrected chi connectivity index (χ0v) is 18.6. The molecule has 5 nitrogen and oxygen atoms in total. The van der Waals surface area contributed by atoms with E-state index in [1.54, 1.807) is 18.2 Å². The normalized spacial score (nSPS) is 11.6. The molecule has 0 spiro atoms. The highest BCUT2D eigenvalue weighted by Gasteiger charge is 2.15. The van der Waals surface area contributed by atoms with E-state index in [1.165, 1.54) is 0 Å². The molecule has 0 amide bonds. The maximum Gasteiger partial charge on any atom is 0.387 e. The first-order valence-electron chi connectivity index (χ1n) is 10.6. The minimum Gasteiger partial charge on any atom is -0.434 e. The van der Waals surface area contributed by atoms with E-state index in [0.717, 1.165) is 45.9 Å². The van der Waals surface area contributed by atoms with E-state index < -0.39 is 6.61 Å². The molecule has 0 unspecified atom stereocenters. The maximum absolute atomic E-state index is 12.8. The number of hydrogen-bond acceptors (Lipinski definition) is 4. The number of aryl methyl sites for hydroxylation is 2. The van der Waals surface area contributed by atoms with Crippen molar-refractivity contribution in [2.45, 2.75) is 47.3 Å². The molecule has 4 aromatic rings. The summed E-state index contributed by atoms with van der Waals surface area (Å²) < 4.78 is 32.4. The Morgan fingerprint density at radius 1 is 1.03 bits per heavy atom. The summed E-state index contributed by atoms with van der Waals surface area (Å²) in [5.74, 6) is 2.30. The molecule has 2 aromatic heterocycles. The fourth-order valence-corrected chi connectivity index (χ4v) is 3.89. The number of ether oxygens (including phenoxy) is 1. The molecule has 2 heterocycles. The molecule has 166 valence electrons. The molecule has 4 rings (SSSR count). The van der Waals surface area contributed by atoms with Gasteiger partial charge < -0.3 is 9.30 Å². The number of nitrogens with zero attached hydrogens (tertiary/aromatic N) is 4. The molecule has 0 atom stereocenters. The standard InChI is InChI=1S/C25H26F2N4O/c1-15(2)11-24-28-13-20(16(3)29-24)18-9-10-21-22(12-18)31(17(4)30-21)14-19-7-5-6-8-23(19)32-25(26)27/h5-10,12-13,15,25H,11,14H2,1-4H3. The first-order chi connectivity index (χ1) is 15.3. The molecule has 7 heteroatoms. The highest BCUT2D eigenvalue weighted by Crippen LogP contribution is 2.29. The summed E-state index contributed by atoms with van der Waals surface area (Å²) in [6.07, 6.45) is 2.72. The lowest BCUT2D eigenvalue weighted by atomic mass is 10.0. The number of rotatable bonds is 7. The molecule has 2 aromatic carbocycles. The van der Waals surface area contributed by atoms with Gasteiger partial charge in [-0.2, -0.15) is 8.78 Å². The van der Waals surface area contributed by atoms with Crippen LogP contribution in [0, 0.1) is 19.8 Å². The van der Waals surface area contributed by atoms with Crippen LogP contribution >= 0.6 is 0 Å². The van der Waals surface area contributed by atoms with Crippen molar-refractivity contribution in [3.05, 3.63) is 71.6 Å². The number of aromatic nitrogens is 4. The van der Waals surface area contributed by atoms with Crippen LogP contribution in [0.15, 0.2) is 48.7 Å². The van der Waals surface area contributed by atoms with Crippen LogP contribution in [0.1, 0.15) is 36.8 Å². The van der Waals surface area contributed by atoms with E-state index >= 15 is 0 Å². The van der Waals surface area contributed by atoms with Gasteiger partial charge in [-0.1, -0.05) is 38.1 Å². The van der Waals surface area contributed by atoms with Crippen molar-refractivity contribution in [1.29, 1.82) is 0 Å². The zero-order valence-electron chi connectivity index (χ0n) is 18.6. The van der Waals surface area contributed by atoms with Crippen LogP contribution in [0.25, 0.3) is 22.2 Å². The molecule has 0 radical (unpaired) electrons. The van der Waals surface area contributed by atoms with E-state index in [4.69, 9.17) is 4.74 Å². The predicted octanol–water partition coefficient (Wildman–Crippen LogP) is 5.96. The van der Waals surface area contributed by atoms with Crippen molar-refractivity contribution in [3.8, 4) is 16.9 Å². The predicted molar refractivity (Wildman–Crippen MR) is 121 cm³/mol. The quantitative estimate of drug-likeness (QED) is 0.359. The van der Waals surface area contributed by atoms with E-state index in [1.807, 2.05) is 42.8 Å². The van der Waals surface area contributed by atoms with Crippen LogP contribution < -0.4 is 4.74 Å². The third kappa shape index (κ3) is 4.61. The number of hydrogen-bond donors (Lipinski definition) is 0. The highest BCUT2D eigenvalue weighted by molar-refractivity contribution is 5.83. The molecule has 0 N–H and O–H groups in total. The van der Waals surface area contributed by atoms with Crippen molar-refractivity contribution >= 4 is 11.0 Å². The van der Waals surface area contributed by atoms with Gasteiger partial charge in [-0.25, -0.2) is 15.0 Å². The van der Waals surface area contributed by atoms with Gasteiger partial charge in [0, 0.05) is 29.4 Å². The first kappa shape index (κ1) is 21.9. The Bertz CT molecular complexity index is 1250. The summed E-state index contributed by atoms with van der Waals surface area (Å²) in [6.45, 7) is 5.70. The van der Waals surface area contributed by atoms with Gasteiger partial charge in [-0.3, -0.25) is 0 Å². The summed E-state index contributed by atoms with van der Waals surface area (Å²) >= 11 is 0. The number of imidazole rings is 1. The molecule has 32 heavy (non-hydrogen) atoms. The number of fused-ring (bicyclic) bond motifs is 1. The van der Waals surface area contributed by atoms with E-state index in [2.05, 4.69) is 34.9 Å². The van der Waals surface area contributed by atoms with E-state index in [9.17, 15) is 8.78 Å². The Hall–Kier alpha value is -3.35. The SMILES string of the molecule is Cc1nc(CC(C)C)ncc1-c1ccc2nc(C)n(Cc3ccccc3OC(F)F)c2c1. The van der Waals surface area contributed by atoms with Gasteiger partial charge in [0.25, 0.3) is 0 Å². The lowest BCUT2D eigenvalue weighted by molar-refractivity contribution is -0.0504. The average molecular weight is 437 g/mol. The van der Waals surface area contributed by atoms with Crippen molar-refractivity contribution in [1.82, 2.24) is 19.5 Å². The van der Waals surface area contributed by atoms with Gasteiger partial charge in [0.05, 0.1) is 17.6 Å². The molecule has 0 aliphatic carbocycles. The highest BCUT2D eigenvalue weighted by atomic mass is 19.3. The van der Waals surface area contributed by atoms with Crippen molar-refractivity contribution in [3.63, 3.8) is 0 Å². The minimum absolute atomic E-state index is 0.171.